The normalized spacial score (nSPS) is 13.6. The van der Waals surface area contributed by atoms with E-state index in [1.54, 1.807) is 21.3 Å². The van der Waals surface area contributed by atoms with Crippen molar-refractivity contribution in [2.45, 2.75) is 136 Å². The quantitative estimate of drug-likeness (QED) is 0.313. The lowest BCUT2D eigenvalue weighted by Gasteiger charge is -2.32. The van der Waals surface area contributed by atoms with Gasteiger partial charge in [0, 0.05) is 39.4 Å². The molecule has 0 saturated carbocycles. The molecule has 0 spiro atoms. The zero-order valence-corrected chi connectivity index (χ0v) is 31.1. The van der Waals surface area contributed by atoms with Crippen LogP contribution in [0, 0.1) is 33.6 Å². The van der Waals surface area contributed by atoms with Gasteiger partial charge in [0.1, 0.15) is 0 Å². The van der Waals surface area contributed by atoms with E-state index in [0.717, 1.165) is 19.6 Å². The Balaban J connectivity index is -0.000000124. The van der Waals surface area contributed by atoms with Gasteiger partial charge in [-0.3, -0.25) is 0 Å². The molecule has 240 valence electrons. The van der Waals surface area contributed by atoms with Gasteiger partial charge in [-0.25, -0.2) is 6.57 Å². The molecule has 0 bridgehead atoms. The largest absolute Gasteiger partial charge is 0.385 e. The molecule has 0 aromatic rings. The zero-order chi connectivity index (χ0) is 32.9. The Morgan fingerprint density at radius 1 is 0.641 bits per heavy atom. The molecule has 0 aromatic heterocycles. The van der Waals surface area contributed by atoms with Gasteiger partial charge >= 0.3 is 0 Å². The van der Waals surface area contributed by atoms with Crippen LogP contribution in [0.2, 0.25) is 0 Å². The first-order valence-electron chi connectivity index (χ1n) is 14.5. The van der Waals surface area contributed by atoms with Crippen molar-refractivity contribution >= 4 is 0 Å². The summed E-state index contributed by atoms with van der Waals surface area (Å²) in [4.78, 5) is 5.51. The van der Waals surface area contributed by atoms with Crippen molar-refractivity contribution in [2.75, 3.05) is 55.2 Å². The van der Waals surface area contributed by atoms with E-state index in [2.05, 4.69) is 142 Å². The molecule has 0 rings (SSSR count). The van der Waals surface area contributed by atoms with Crippen molar-refractivity contribution in [1.29, 1.82) is 0 Å². The van der Waals surface area contributed by atoms with Gasteiger partial charge in [0.25, 0.3) is 0 Å². The smallest absolute Gasteiger partial charge is 0.219 e. The topological polar surface area (TPSA) is 35.3 Å². The third-order valence-corrected chi connectivity index (χ3v) is 5.79. The second-order valence-electron chi connectivity index (χ2n) is 16.4. The molecule has 0 aliphatic rings. The van der Waals surface area contributed by atoms with E-state index < -0.39 is 0 Å². The highest BCUT2D eigenvalue weighted by atomic mass is 16.5. The molecule has 5 nitrogen and oxygen atoms in total. The highest BCUT2D eigenvalue weighted by Gasteiger charge is 2.21. The number of ether oxygens (including phenoxy) is 3. The minimum Gasteiger partial charge on any atom is -0.385 e. The number of rotatable bonds is 5. The second kappa shape index (κ2) is 23.0. The molecule has 0 aromatic carbocycles. The molecule has 0 heterocycles. The summed E-state index contributed by atoms with van der Waals surface area (Å²) >= 11 is 0. The maximum absolute atomic E-state index is 6.48. The maximum Gasteiger partial charge on any atom is 0.219 e. The number of hydrogen-bond acceptors (Lipinski definition) is 4. The van der Waals surface area contributed by atoms with Gasteiger partial charge in [-0.2, -0.15) is 0 Å². The first kappa shape index (κ1) is 48.1. The van der Waals surface area contributed by atoms with Crippen LogP contribution in [0.25, 0.3) is 4.85 Å². The van der Waals surface area contributed by atoms with E-state index >= 15 is 0 Å². The molecule has 2 unspecified atom stereocenters. The van der Waals surface area contributed by atoms with Crippen molar-refractivity contribution in [3.05, 3.63) is 11.4 Å². The fourth-order valence-electron chi connectivity index (χ4n) is 2.21. The van der Waals surface area contributed by atoms with E-state index in [9.17, 15) is 0 Å². The summed E-state index contributed by atoms with van der Waals surface area (Å²) in [5, 5.41) is 0. The molecule has 0 saturated heterocycles. The van der Waals surface area contributed by atoms with Crippen LogP contribution in [-0.2, 0) is 14.2 Å². The van der Waals surface area contributed by atoms with Gasteiger partial charge in [0.2, 0.25) is 6.54 Å². The molecule has 0 amide bonds. The van der Waals surface area contributed by atoms with E-state index in [4.69, 9.17) is 20.8 Å². The van der Waals surface area contributed by atoms with Crippen LogP contribution in [0.1, 0.15) is 124 Å². The SMILES string of the molecule is CC(N(C)C)C(C)(C)C.COC(C)C(C)(C)C.COCC(C)(C)C.COCCC(C)(C)C.[C-]#[N+]CC(C)(C)C. The van der Waals surface area contributed by atoms with Gasteiger partial charge in [-0.15, -0.1) is 0 Å². The predicted octanol–water partition coefficient (Wildman–Crippen LogP) is 9.75. The van der Waals surface area contributed by atoms with Gasteiger partial charge in [-0.05, 0) is 56.0 Å². The highest BCUT2D eigenvalue weighted by molar-refractivity contribution is 4.75. The predicted molar refractivity (Wildman–Crippen MR) is 177 cm³/mol. The number of methoxy groups -OCH3 is 3. The first-order valence-corrected chi connectivity index (χ1v) is 14.5. The van der Waals surface area contributed by atoms with Crippen molar-refractivity contribution < 1.29 is 14.2 Å². The van der Waals surface area contributed by atoms with E-state index in [1.807, 2.05) is 0 Å². The average Bonchev–Trinajstić information content (AvgIpc) is 2.69. The Morgan fingerprint density at radius 2 is 1.05 bits per heavy atom. The Morgan fingerprint density at radius 3 is 1.08 bits per heavy atom. The maximum atomic E-state index is 6.48. The highest BCUT2D eigenvalue weighted by Crippen LogP contribution is 2.22. The summed E-state index contributed by atoms with van der Waals surface area (Å²) in [5.41, 5.74) is 1.64. The molecule has 0 N–H and O–H groups in total. The summed E-state index contributed by atoms with van der Waals surface area (Å²) in [7, 11) is 9.46. The molecule has 39 heavy (non-hydrogen) atoms. The molecule has 2 atom stereocenters. The number of hydrogen-bond donors (Lipinski definition) is 0. The summed E-state index contributed by atoms with van der Waals surface area (Å²) in [6.07, 6.45) is 1.49. The molecule has 0 fully saturated rings. The van der Waals surface area contributed by atoms with Crippen molar-refractivity contribution in [2.24, 2.45) is 27.1 Å². The Bertz CT molecular complexity index is 560. The zero-order valence-electron chi connectivity index (χ0n) is 31.1. The lowest BCUT2D eigenvalue weighted by molar-refractivity contribution is 0.0314. The molecule has 0 aliphatic carbocycles. The van der Waals surface area contributed by atoms with E-state index in [0.29, 0.717) is 34.9 Å². The number of nitrogens with zero attached hydrogens (tertiary/aromatic N) is 2. The van der Waals surface area contributed by atoms with Crippen LogP contribution in [-0.4, -0.2) is 72.2 Å². The van der Waals surface area contributed by atoms with Crippen molar-refractivity contribution in [3.63, 3.8) is 0 Å². The lowest BCUT2D eigenvalue weighted by atomic mass is 9.87. The molecular formula is C34H76N2O3. The average molecular weight is 561 g/mol. The lowest BCUT2D eigenvalue weighted by Crippen LogP contribution is -2.36. The Labute approximate surface area is 249 Å². The van der Waals surface area contributed by atoms with Crippen molar-refractivity contribution in [3.8, 4) is 0 Å². The standard InChI is InChI=1S/C8H19N.2C7H16O.C6H11N.C6H14O/c1-7(9(5)6)8(2,3)4;1-7(2,3)5-6-8-4;1-6(8-5)7(2,3)4;2*1-6(2,3)5-7-4/h7H,1-6H3;5-6H2,1-4H3;6H,1-5H3;5H2,1-3H3;5H2,1-4H3. The second-order valence-corrected chi connectivity index (χ2v) is 16.4. The molecule has 5 heteroatoms. The van der Waals surface area contributed by atoms with Gasteiger partial charge in [0.05, 0.1) is 12.7 Å². The van der Waals surface area contributed by atoms with Crippen LogP contribution >= 0.6 is 0 Å². The molecule has 0 radical (unpaired) electrons. The summed E-state index contributed by atoms with van der Waals surface area (Å²) in [5.74, 6) is 0. The third-order valence-electron chi connectivity index (χ3n) is 5.79. The van der Waals surface area contributed by atoms with Gasteiger partial charge in [0.15, 0.2) is 0 Å². The van der Waals surface area contributed by atoms with E-state index in [-0.39, 0.29) is 10.8 Å². The summed E-state index contributed by atoms with van der Waals surface area (Å²) in [6.45, 7) is 45.7. The van der Waals surface area contributed by atoms with Crippen molar-refractivity contribution in [1.82, 2.24) is 4.90 Å². The third kappa shape index (κ3) is 50.7. The van der Waals surface area contributed by atoms with E-state index in [1.165, 1.54) is 0 Å². The summed E-state index contributed by atoms with van der Waals surface area (Å²) < 4.78 is 14.9. The van der Waals surface area contributed by atoms with Crippen LogP contribution in [0.15, 0.2) is 0 Å². The molecule has 0 aliphatic heterocycles. The van der Waals surface area contributed by atoms with Crippen LogP contribution in [0.4, 0.5) is 0 Å². The minimum absolute atomic E-state index is 0.196. The van der Waals surface area contributed by atoms with Crippen LogP contribution < -0.4 is 0 Å². The fourth-order valence-corrected chi connectivity index (χ4v) is 2.21. The fraction of sp³-hybridized carbons (Fsp3) is 0.971. The minimum atomic E-state index is 0.196. The first-order chi connectivity index (χ1) is 17.0. The molecular weight excluding hydrogens is 484 g/mol. The van der Waals surface area contributed by atoms with Crippen LogP contribution in [0.5, 0.6) is 0 Å². The Hall–Kier alpha value is -0.670. The van der Waals surface area contributed by atoms with Crippen LogP contribution in [0.3, 0.4) is 0 Å². The Kier molecular flexibility index (Phi) is 28.3. The monoisotopic (exact) mass is 561 g/mol. The summed E-state index contributed by atoms with van der Waals surface area (Å²) in [6, 6.07) is 0.650. The van der Waals surface area contributed by atoms with Gasteiger partial charge < -0.3 is 24.0 Å². The van der Waals surface area contributed by atoms with Gasteiger partial charge in [-0.1, -0.05) is 104 Å².